The summed E-state index contributed by atoms with van der Waals surface area (Å²) in [5, 5.41) is 18.0. The summed E-state index contributed by atoms with van der Waals surface area (Å²) in [6, 6.07) is 20.6. The number of halogens is 1. The molecular weight excluding hydrogens is 430 g/mol. The maximum Gasteiger partial charge on any atom is 0.0992 e. The van der Waals surface area contributed by atoms with Crippen LogP contribution in [0.2, 0.25) is 0 Å². The molecule has 0 aliphatic carbocycles. The van der Waals surface area contributed by atoms with E-state index in [9.17, 15) is 0 Å². The smallest absolute Gasteiger partial charge is 0.0992 e. The number of nitriles is 1. The van der Waals surface area contributed by atoms with Crippen LogP contribution in [0.4, 0.5) is 0 Å². The van der Waals surface area contributed by atoms with Gasteiger partial charge in [0.25, 0.3) is 0 Å². The van der Waals surface area contributed by atoms with Gasteiger partial charge < -0.3 is 5.32 Å². The predicted octanol–water partition coefficient (Wildman–Crippen LogP) is 5.93. The molecule has 3 nitrogen and oxygen atoms in total. The van der Waals surface area contributed by atoms with Crippen LogP contribution in [0.15, 0.2) is 69.8 Å². The van der Waals surface area contributed by atoms with E-state index in [1.165, 1.54) is 11.1 Å². The van der Waals surface area contributed by atoms with Gasteiger partial charge in [0.05, 0.1) is 22.8 Å². The fourth-order valence-electron chi connectivity index (χ4n) is 3.17. The Morgan fingerprint density at radius 1 is 1.07 bits per heavy atom. The number of aromatic nitrogens is 1. The highest BCUT2D eigenvalue weighted by Crippen LogP contribution is 2.28. The lowest BCUT2D eigenvalue weighted by Gasteiger charge is -2.11. The molecule has 1 N–H and O–H groups in total. The van der Waals surface area contributed by atoms with Crippen molar-refractivity contribution in [3.05, 3.63) is 86.5 Å². The van der Waals surface area contributed by atoms with Crippen LogP contribution in [0.1, 0.15) is 16.7 Å². The Morgan fingerprint density at radius 3 is 2.68 bits per heavy atom. The predicted molar refractivity (Wildman–Crippen MR) is 119 cm³/mol. The van der Waals surface area contributed by atoms with E-state index in [-0.39, 0.29) is 0 Å². The molecule has 0 aliphatic heterocycles. The van der Waals surface area contributed by atoms with Gasteiger partial charge in [0, 0.05) is 27.3 Å². The molecule has 138 valence electrons. The highest BCUT2D eigenvalue weighted by molar-refractivity contribution is 9.10. The molecule has 0 bridgehead atoms. The van der Waals surface area contributed by atoms with Crippen molar-refractivity contribution in [1.29, 1.82) is 5.26 Å². The fourth-order valence-corrected chi connectivity index (χ4v) is 4.08. The summed E-state index contributed by atoms with van der Waals surface area (Å²) in [4.78, 5) is 4.88. The third-order valence-corrected chi connectivity index (χ3v) is 5.85. The lowest BCUT2D eigenvalue weighted by Crippen LogP contribution is -2.17. The van der Waals surface area contributed by atoms with E-state index in [0.29, 0.717) is 5.56 Å². The minimum absolute atomic E-state index is 0.636. The summed E-state index contributed by atoms with van der Waals surface area (Å²) in [6.07, 6.45) is 0.980. The van der Waals surface area contributed by atoms with E-state index >= 15 is 0 Å². The van der Waals surface area contributed by atoms with Crippen molar-refractivity contribution >= 4 is 38.2 Å². The second-order valence-corrected chi connectivity index (χ2v) is 8.28. The highest BCUT2D eigenvalue weighted by atomic mass is 79.9. The Kier molecular flexibility index (Phi) is 5.82. The summed E-state index contributed by atoms with van der Waals surface area (Å²) >= 11 is 5.14. The van der Waals surface area contributed by atoms with Gasteiger partial charge in [0.15, 0.2) is 0 Å². The van der Waals surface area contributed by atoms with Crippen LogP contribution in [-0.4, -0.2) is 11.5 Å². The van der Waals surface area contributed by atoms with E-state index in [1.54, 1.807) is 11.3 Å². The van der Waals surface area contributed by atoms with Crippen molar-refractivity contribution in [3.8, 4) is 17.3 Å². The molecule has 2 aromatic heterocycles. The molecule has 0 aliphatic rings. The molecule has 0 unspecified atom stereocenters. The number of nitrogens with one attached hydrogen (secondary N) is 1. The summed E-state index contributed by atoms with van der Waals surface area (Å²) in [7, 11) is 0. The van der Waals surface area contributed by atoms with Crippen molar-refractivity contribution in [2.75, 3.05) is 6.54 Å². The maximum atomic E-state index is 9.17. The molecule has 0 saturated carbocycles. The first-order chi connectivity index (χ1) is 13.7. The van der Waals surface area contributed by atoms with Crippen LogP contribution >= 0.6 is 27.3 Å². The molecule has 2 aromatic carbocycles. The third-order valence-electron chi connectivity index (χ3n) is 4.64. The highest BCUT2D eigenvalue weighted by Gasteiger charge is 2.10. The summed E-state index contributed by atoms with van der Waals surface area (Å²) < 4.78 is 1.10. The van der Waals surface area contributed by atoms with Gasteiger partial charge in [-0.2, -0.15) is 16.6 Å². The van der Waals surface area contributed by atoms with E-state index in [1.807, 2.05) is 18.2 Å². The van der Waals surface area contributed by atoms with Crippen LogP contribution in [0.25, 0.3) is 22.2 Å². The molecule has 0 spiro atoms. The molecule has 5 heteroatoms. The molecule has 28 heavy (non-hydrogen) atoms. The van der Waals surface area contributed by atoms with Crippen LogP contribution in [0.3, 0.4) is 0 Å². The zero-order valence-corrected chi connectivity index (χ0v) is 17.6. The van der Waals surface area contributed by atoms with Gasteiger partial charge in [0.2, 0.25) is 0 Å². The van der Waals surface area contributed by atoms with Crippen LogP contribution in [0, 0.1) is 11.3 Å². The lowest BCUT2D eigenvalue weighted by atomic mass is 10.0. The van der Waals surface area contributed by atoms with Crippen molar-refractivity contribution < 1.29 is 0 Å². The lowest BCUT2D eigenvalue weighted by molar-refractivity contribution is 0.687. The second kappa shape index (κ2) is 8.66. The molecule has 0 radical (unpaired) electrons. The number of hydrogen-bond acceptors (Lipinski definition) is 4. The molecule has 4 rings (SSSR count). The number of hydrogen-bond donors (Lipinski definition) is 1. The largest absolute Gasteiger partial charge is 0.312 e. The molecule has 0 amide bonds. The first kappa shape index (κ1) is 18.8. The Morgan fingerprint density at radius 2 is 1.93 bits per heavy atom. The molecule has 4 aromatic rings. The maximum absolute atomic E-state index is 9.17. The average molecular weight is 448 g/mol. The molecule has 2 heterocycles. The quantitative estimate of drug-likeness (QED) is 0.372. The van der Waals surface area contributed by atoms with Gasteiger partial charge in [-0.15, -0.1) is 0 Å². The van der Waals surface area contributed by atoms with Gasteiger partial charge in [0.1, 0.15) is 0 Å². The molecule has 0 saturated heterocycles. The standard InChI is InChI=1S/C23H18BrN3S/c24-21-5-2-16(3-6-21)7-9-26-14-20-12-18-4-1-17(13-25)11-22(18)27-23(20)19-8-10-28-15-19/h1-6,8,10-12,15,26H,7,9,14H2. The van der Waals surface area contributed by atoms with Gasteiger partial charge in [-0.25, -0.2) is 4.98 Å². The van der Waals surface area contributed by atoms with E-state index < -0.39 is 0 Å². The van der Waals surface area contributed by atoms with Gasteiger partial charge in [-0.05, 0) is 65.9 Å². The van der Waals surface area contributed by atoms with Crippen LogP contribution in [0.5, 0.6) is 0 Å². The average Bonchev–Trinajstić information content (AvgIpc) is 3.26. The number of benzene rings is 2. The van der Waals surface area contributed by atoms with Gasteiger partial charge >= 0.3 is 0 Å². The molecule has 0 atom stereocenters. The van der Waals surface area contributed by atoms with E-state index in [0.717, 1.165) is 46.1 Å². The first-order valence-corrected chi connectivity index (χ1v) is 10.8. The van der Waals surface area contributed by atoms with E-state index in [2.05, 4.69) is 74.5 Å². The van der Waals surface area contributed by atoms with Crippen molar-refractivity contribution in [3.63, 3.8) is 0 Å². The number of fused-ring (bicyclic) bond motifs is 1. The Hall–Kier alpha value is -2.52. The Balaban J connectivity index is 1.55. The van der Waals surface area contributed by atoms with Crippen LogP contribution in [-0.2, 0) is 13.0 Å². The Labute approximate surface area is 176 Å². The number of thiophene rings is 1. The topological polar surface area (TPSA) is 48.7 Å². The van der Waals surface area contributed by atoms with Gasteiger partial charge in [-0.3, -0.25) is 0 Å². The minimum atomic E-state index is 0.636. The number of pyridine rings is 1. The SMILES string of the molecule is N#Cc1ccc2cc(CNCCc3ccc(Br)cc3)c(-c3ccsc3)nc2c1. The van der Waals surface area contributed by atoms with Crippen molar-refractivity contribution in [2.45, 2.75) is 13.0 Å². The van der Waals surface area contributed by atoms with Crippen molar-refractivity contribution in [2.24, 2.45) is 0 Å². The zero-order chi connectivity index (χ0) is 19.3. The second-order valence-electron chi connectivity index (χ2n) is 6.58. The van der Waals surface area contributed by atoms with E-state index in [4.69, 9.17) is 10.2 Å². The summed E-state index contributed by atoms with van der Waals surface area (Å²) in [6.45, 7) is 1.65. The summed E-state index contributed by atoms with van der Waals surface area (Å²) in [5.41, 5.74) is 6.09. The Bertz CT molecular complexity index is 1130. The van der Waals surface area contributed by atoms with Gasteiger partial charge in [-0.1, -0.05) is 34.1 Å². The first-order valence-electron chi connectivity index (χ1n) is 9.04. The third kappa shape index (κ3) is 4.31. The van der Waals surface area contributed by atoms with Crippen LogP contribution < -0.4 is 5.32 Å². The summed E-state index contributed by atoms with van der Waals surface area (Å²) in [5.74, 6) is 0. The fraction of sp³-hybridized carbons (Fsp3) is 0.130. The zero-order valence-electron chi connectivity index (χ0n) is 15.2. The minimum Gasteiger partial charge on any atom is -0.312 e. The van der Waals surface area contributed by atoms with Crippen molar-refractivity contribution in [1.82, 2.24) is 10.3 Å². The number of rotatable bonds is 6. The molecular formula is C23H18BrN3S. The molecule has 0 fully saturated rings. The monoisotopic (exact) mass is 447 g/mol. The normalized spacial score (nSPS) is 10.9. The number of nitrogens with zero attached hydrogens (tertiary/aromatic N) is 2.